The van der Waals surface area contributed by atoms with Crippen LogP contribution in [0, 0.1) is 0 Å². The maximum Gasteiger partial charge on any atom is 0.270 e. The zero-order valence-corrected chi connectivity index (χ0v) is 15.8. The fourth-order valence-corrected chi connectivity index (χ4v) is 3.35. The van der Waals surface area contributed by atoms with Gasteiger partial charge in [0.1, 0.15) is 17.5 Å². The number of hydrogen-bond donors (Lipinski definition) is 3. The molecule has 3 N–H and O–H groups in total. The lowest BCUT2D eigenvalue weighted by Gasteiger charge is -2.32. The molecule has 0 aliphatic carbocycles. The van der Waals surface area contributed by atoms with E-state index in [1.807, 2.05) is 28.8 Å². The van der Waals surface area contributed by atoms with E-state index in [0.29, 0.717) is 23.7 Å². The standard InChI is InChI=1S/C20H23F2N5O/c1-19(2,28)13-6-7-18-24-10-15(27(18)12-13)14-4-3-5-17(25-14)26-16-11-23-9-8-20(16,21)22/h3-7,10,12,16,23,28H,8-9,11H2,1-2H3,(H,25,26)/t16-/m0/s1. The molecule has 0 aromatic carbocycles. The van der Waals surface area contributed by atoms with Crippen LogP contribution in [0.4, 0.5) is 14.6 Å². The van der Waals surface area contributed by atoms with E-state index in [1.165, 1.54) is 0 Å². The Bertz CT molecular complexity index is 996. The molecule has 28 heavy (non-hydrogen) atoms. The van der Waals surface area contributed by atoms with Gasteiger partial charge in [-0.2, -0.15) is 0 Å². The normalized spacial score (nSPS) is 19.7. The second-order valence-corrected chi connectivity index (χ2v) is 7.67. The third-order valence-corrected chi connectivity index (χ3v) is 5.04. The highest BCUT2D eigenvalue weighted by Gasteiger charge is 2.41. The van der Waals surface area contributed by atoms with Gasteiger partial charge in [0, 0.05) is 25.7 Å². The highest BCUT2D eigenvalue weighted by atomic mass is 19.3. The second-order valence-electron chi connectivity index (χ2n) is 7.67. The van der Waals surface area contributed by atoms with Crippen molar-refractivity contribution in [3.63, 3.8) is 0 Å². The maximum absolute atomic E-state index is 14.1. The number of hydrogen-bond acceptors (Lipinski definition) is 5. The van der Waals surface area contributed by atoms with Crippen LogP contribution in [0.5, 0.6) is 0 Å². The molecule has 0 unspecified atom stereocenters. The van der Waals surface area contributed by atoms with Crippen LogP contribution in [0.15, 0.2) is 42.7 Å². The monoisotopic (exact) mass is 387 g/mol. The van der Waals surface area contributed by atoms with Gasteiger partial charge < -0.3 is 15.7 Å². The van der Waals surface area contributed by atoms with Gasteiger partial charge in [-0.15, -0.1) is 0 Å². The SMILES string of the molecule is CC(C)(O)c1ccc2ncc(-c3cccc(N[C@H]4CNCCC4(F)F)n3)n2c1. The Morgan fingerprint density at radius 2 is 2.11 bits per heavy atom. The molecule has 0 spiro atoms. The predicted molar refractivity (Wildman–Crippen MR) is 104 cm³/mol. The number of rotatable bonds is 4. The van der Waals surface area contributed by atoms with Crippen LogP contribution >= 0.6 is 0 Å². The van der Waals surface area contributed by atoms with Crippen LogP contribution in [0.1, 0.15) is 25.8 Å². The summed E-state index contributed by atoms with van der Waals surface area (Å²) < 4.78 is 30.1. The summed E-state index contributed by atoms with van der Waals surface area (Å²) in [5.41, 5.74) is 1.79. The maximum atomic E-state index is 14.1. The van der Waals surface area contributed by atoms with E-state index in [2.05, 4.69) is 20.6 Å². The lowest BCUT2D eigenvalue weighted by Crippen LogP contribution is -2.52. The molecule has 148 valence electrons. The van der Waals surface area contributed by atoms with Crippen LogP contribution in [0.2, 0.25) is 0 Å². The molecule has 1 aliphatic rings. The fraction of sp³-hybridized carbons (Fsp3) is 0.400. The summed E-state index contributed by atoms with van der Waals surface area (Å²) >= 11 is 0. The van der Waals surface area contributed by atoms with Crippen LogP contribution in [-0.2, 0) is 5.60 Å². The topological polar surface area (TPSA) is 74.5 Å². The van der Waals surface area contributed by atoms with Crippen LogP contribution < -0.4 is 10.6 Å². The highest BCUT2D eigenvalue weighted by molar-refractivity contribution is 5.62. The molecule has 1 fully saturated rings. The molecule has 0 bridgehead atoms. The lowest BCUT2D eigenvalue weighted by molar-refractivity contribution is -0.0384. The summed E-state index contributed by atoms with van der Waals surface area (Å²) in [6, 6.07) is 7.91. The van der Waals surface area contributed by atoms with E-state index in [-0.39, 0.29) is 13.0 Å². The smallest absolute Gasteiger partial charge is 0.270 e. The molecule has 0 radical (unpaired) electrons. The number of nitrogens with one attached hydrogen (secondary N) is 2. The fourth-order valence-electron chi connectivity index (χ4n) is 3.35. The summed E-state index contributed by atoms with van der Waals surface area (Å²) in [5, 5.41) is 16.1. The van der Waals surface area contributed by atoms with Crippen molar-refractivity contribution in [1.29, 1.82) is 0 Å². The number of pyridine rings is 2. The minimum atomic E-state index is -2.78. The van der Waals surface area contributed by atoms with Crippen LogP contribution in [0.3, 0.4) is 0 Å². The summed E-state index contributed by atoms with van der Waals surface area (Å²) in [6.45, 7) is 3.92. The quantitative estimate of drug-likeness (QED) is 0.642. The summed E-state index contributed by atoms with van der Waals surface area (Å²) in [4.78, 5) is 8.90. The van der Waals surface area contributed by atoms with Crippen molar-refractivity contribution in [1.82, 2.24) is 19.7 Å². The number of aliphatic hydroxyl groups is 1. The number of imidazole rings is 1. The van der Waals surface area contributed by atoms with Crippen molar-refractivity contribution in [2.45, 2.75) is 37.8 Å². The average Bonchev–Trinajstić information content (AvgIpc) is 3.06. The molecule has 6 nitrogen and oxygen atoms in total. The van der Waals surface area contributed by atoms with Gasteiger partial charge in [0.05, 0.1) is 23.2 Å². The van der Waals surface area contributed by atoms with Crippen molar-refractivity contribution < 1.29 is 13.9 Å². The molecule has 1 atom stereocenters. The van der Waals surface area contributed by atoms with Crippen molar-refractivity contribution >= 4 is 11.5 Å². The molecular weight excluding hydrogens is 364 g/mol. The molecule has 3 aromatic rings. The van der Waals surface area contributed by atoms with Crippen LogP contribution in [0.25, 0.3) is 17.0 Å². The summed E-state index contributed by atoms with van der Waals surface area (Å²) in [5.74, 6) is -2.40. The van der Waals surface area contributed by atoms with Gasteiger partial charge in [-0.25, -0.2) is 18.7 Å². The number of fused-ring (bicyclic) bond motifs is 1. The minimum Gasteiger partial charge on any atom is -0.386 e. The second kappa shape index (κ2) is 6.79. The van der Waals surface area contributed by atoms with E-state index >= 15 is 0 Å². The van der Waals surface area contributed by atoms with Crippen molar-refractivity contribution in [3.8, 4) is 11.4 Å². The molecule has 0 saturated carbocycles. The number of alkyl halides is 2. The summed E-state index contributed by atoms with van der Waals surface area (Å²) in [7, 11) is 0. The van der Waals surface area contributed by atoms with Crippen molar-refractivity contribution in [2.75, 3.05) is 18.4 Å². The molecule has 1 saturated heterocycles. The van der Waals surface area contributed by atoms with Crippen LogP contribution in [-0.4, -0.2) is 44.5 Å². The largest absolute Gasteiger partial charge is 0.386 e. The Kier molecular flexibility index (Phi) is 4.55. The highest BCUT2D eigenvalue weighted by Crippen LogP contribution is 2.29. The van der Waals surface area contributed by atoms with Gasteiger partial charge in [0.25, 0.3) is 5.92 Å². The number of anilines is 1. The van der Waals surface area contributed by atoms with Crippen molar-refractivity contribution in [3.05, 3.63) is 48.3 Å². The molecule has 8 heteroatoms. The average molecular weight is 387 g/mol. The Morgan fingerprint density at radius 3 is 2.86 bits per heavy atom. The zero-order valence-electron chi connectivity index (χ0n) is 15.8. The number of piperidine rings is 1. The molecule has 1 aliphatic heterocycles. The first-order chi connectivity index (χ1) is 13.2. The van der Waals surface area contributed by atoms with E-state index in [4.69, 9.17) is 0 Å². The lowest BCUT2D eigenvalue weighted by atomic mass is 10.0. The van der Waals surface area contributed by atoms with Gasteiger partial charge in [0.15, 0.2) is 0 Å². The number of aromatic nitrogens is 3. The Morgan fingerprint density at radius 1 is 1.29 bits per heavy atom. The Balaban J connectivity index is 1.68. The zero-order chi connectivity index (χ0) is 19.9. The molecule has 3 aromatic heterocycles. The van der Waals surface area contributed by atoms with E-state index < -0.39 is 17.6 Å². The first-order valence-corrected chi connectivity index (χ1v) is 9.26. The molecule has 4 rings (SSSR count). The minimum absolute atomic E-state index is 0.184. The third kappa shape index (κ3) is 3.57. The summed E-state index contributed by atoms with van der Waals surface area (Å²) in [6.07, 6.45) is 3.31. The Hall–Kier alpha value is -2.58. The van der Waals surface area contributed by atoms with E-state index in [0.717, 1.165) is 11.3 Å². The first kappa shape index (κ1) is 18.8. The molecule has 4 heterocycles. The predicted octanol–water partition coefficient (Wildman–Crippen LogP) is 3.03. The Labute approximate surface area is 161 Å². The van der Waals surface area contributed by atoms with Gasteiger partial charge in [-0.05, 0) is 37.6 Å². The number of halogens is 2. The van der Waals surface area contributed by atoms with E-state index in [1.54, 1.807) is 32.2 Å². The van der Waals surface area contributed by atoms with Gasteiger partial charge in [-0.1, -0.05) is 12.1 Å². The molecular formula is C20H23F2N5O. The third-order valence-electron chi connectivity index (χ3n) is 5.04. The van der Waals surface area contributed by atoms with Gasteiger partial charge >= 0.3 is 0 Å². The van der Waals surface area contributed by atoms with Gasteiger partial charge in [-0.3, -0.25) is 4.40 Å². The molecule has 0 amide bonds. The van der Waals surface area contributed by atoms with E-state index in [9.17, 15) is 13.9 Å². The first-order valence-electron chi connectivity index (χ1n) is 9.26. The van der Waals surface area contributed by atoms with Crippen molar-refractivity contribution in [2.24, 2.45) is 0 Å². The number of nitrogens with zero attached hydrogens (tertiary/aromatic N) is 3. The van der Waals surface area contributed by atoms with Gasteiger partial charge in [0.2, 0.25) is 0 Å².